The minimum Gasteiger partial charge on any atom is -0.508 e. The molecule has 1 aromatic rings. The van der Waals surface area contributed by atoms with Crippen molar-refractivity contribution in [1.82, 2.24) is 4.90 Å². The van der Waals surface area contributed by atoms with E-state index in [9.17, 15) is 10.2 Å². The molecule has 0 saturated carbocycles. The monoisotopic (exact) mass is 249 g/mol. The molecule has 1 aromatic carbocycles. The summed E-state index contributed by atoms with van der Waals surface area (Å²) in [6, 6.07) is 7.32. The normalized spacial score (nSPS) is 25.2. The SMILES string of the molecule is CCCN1CCC(O)C(Cc2ccc(O)cc2)C1. The van der Waals surface area contributed by atoms with E-state index in [1.807, 2.05) is 12.1 Å². The fourth-order valence-corrected chi connectivity index (χ4v) is 2.75. The molecule has 18 heavy (non-hydrogen) atoms. The zero-order chi connectivity index (χ0) is 13.0. The Morgan fingerprint density at radius 1 is 1.28 bits per heavy atom. The lowest BCUT2D eigenvalue weighted by Gasteiger charge is -2.36. The number of phenols is 1. The predicted molar refractivity (Wildman–Crippen MR) is 72.7 cm³/mol. The van der Waals surface area contributed by atoms with Gasteiger partial charge in [0.25, 0.3) is 0 Å². The van der Waals surface area contributed by atoms with Crippen molar-refractivity contribution in [3.05, 3.63) is 29.8 Å². The highest BCUT2D eigenvalue weighted by atomic mass is 16.3. The third-order valence-electron chi connectivity index (χ3n) is 3.75. The second kappa shape index (κ2) is 6.21. The Labute approximate surface area is 109 Å². The maximum absolute atomic E-state index is 10.1. The average Bonchev–Trinajstić information content (AvgIpc) is 2.36. The summed E-state index contributed by atoms with van der Waals surface area (Å²) in [6.45, 7) is 5.32. The molecule has 2 rings (SSSR count). The average molecular weight is 249 g/mol. The van der Waals surface area contributed by atoms with E-state index in [2.05, 4.69) is 11.8 Å². The summed E-state index contributed by atoms with van der Waals surface area (Å²) in [5.74, 6) is 0.616. The minimum atomic E-state index is -0.188. The number of likely N-dealkylation sites (tertiary alicyclic amines) is 1. The first-order valence-corrected chi connectivity index (χ1v) is 6.87. The van der Waals surface area contributed by atoms with Crippen LogP contribution in [0.1, 0.15) is 25.3 Å². The van der Waals surface area contributed by atoms with Gasteiger partial charge in [-0.2, -0.15) is 0 Å². The second-order valence-corrected chi connectivity index (χ2v) is 5.29. The number of phenolic OH excluding ortho intramolecular Hbond substituents is 1. The largest absolute Gasteiger partial charge is 0.508 e. The van der Waals surface area contributed by atoms with Crippen molar-refractivity contribution in [1.29, 1.82) is 0 Å². The lowest BCUT2D eigenvalue weighted by molar-refractivity contribution is 0.0270. The van der Waals surface area contributed by atoms with Gasteiger partial charge in [0.05, 0.1) is 6.10 Å². The van der Waals surface area contributed by atoms with E-state index < -0.39 is 0 Å². The highest BCUT2D eigenvalue weighted by Crippen LogP contribution is 2.22. The molecular weight excluding hydrogens is 226 g/mol. The molecule has 3 nitrogen and oxygen atoms in total. The van der Waals surface area contributed by atoms with Crippen molar-refractivity contribution >= 4 is 0 Å². The van der Waals surface area contributed by atoms with Crippen LogP contribution in [0, 0.1) is 5.92 Å². The standard InChI is InChI=1S/C15H23NO2/c1-2-8-16-9-7-15(18)13(11-16)10-12-3-5-14(17)6-4-12/h3-6,13,15,17-18H,2,7-11H2,1H3. The molecule has 2 N–H and O–H groups in total. The summed E-state index contributed by atoms with van der Waals surface area (Å²) < 4.78 is 0. The molecule has 2 unspecified atom stereocenters. The van der Waals surface area contributed by atoms with Crippen LogP contribution in [0.3, 0.4) is 0 Å². The van der Waals surface area contributed by atoms with Gasteiger partial charge in [-0.05, 0) is 43.5 Å². The van der Waals surface area contributed by atoms with Gasteiger partial charge >= 0.3 is 0 Å². The van der Waals surface area contributed by atoms with Crippen LogP contribution in [0.2, 0.25) is 0 Å². The van der Waals surface area contributed by atoms with Gasteiger partial charge in [0.15, 0.2) is 0 Å². The number of hydrogen-bond acceptors (Lipinski definition) is 3. The van der Waals surface area contributed by atoms with Gasteiger partial charge < -0.3 is 15.1 Å². The Kier molecular flexibility index (Phi) is 4.61. The summed E-state index contributed by atoms with van der Waals surface area (Å²) in [5.41, 5.74) is 1.19. The summed E-state index contributed by atoms with van der Waals surface area (Å²) in [4.78, 5) is 2.44. The van der Waals surface area contributed by atoms with Crippen LogP contribution in [-0.4, -0.2) is 40.9 Å². The lowest BCUT2D eigenvalue weighted by atomic mass is 9.88. The molecule has 1 aliphatic heterocycles. The number of aliphatic hydroxyl groups is 1. The molecule has 1 fully saturated rings. The van der Waals surface area contributed by atoms with E-state index in [1.165, 1.54) is 12.0 Å². The number of aromatic hydroxyl groups is 1. The van der Waals surface area contributed by atoms with Gasteiger partial charge in [0.1, 0.15) is 5.75 Å². The Balaban J connectivity index is 1.95. The second-order valence-electron chi connectivity index (χ2n) is 5.29. The number of aliphatic hydroxyl groups excluding tert-OH is 1. The highest BCUT2D eigenvalue weighted by Gasteiger charge is 2.27. The van der Waals surface area contributed by atoms with Crippen molar-refractivity contribution in [3.8, 4) is 5.75 Å². The Hall–Kier alpha value is -1.06. The first kappa shape index (κ1) is 13.4. The minimum absolute atomic E-state index is 0.188. The lowest BCUT2D eigenvalue weighted by Crippen LogP contribution is -2.44. The quantitative estimate of drug-likeness (QED) is 0.858. The molecule has 1 heterocycles. The van der Waals surface area contributed by atoms with Crippen LogP contribution in [0.15, 0.2) is 24.3 Å². The molecule has 100 valence electrons. The van der Waals surface area contributed by atoms with E-state index in [-0.39, 0.29) is 6.10 Å². The van der Waals surface area contributed by atoms with Crippen LogP contribution in [0.25, 0.3) is 0 Å². The summed E-state index contributed by atoms with van der Waals surface area (Å²) in [7, 11) is 0. The van der Waals surface area contributed by atoms with Crippen LogP contribution >= 0.6 is 0 Å². The maximum atomic E-state index is 10.1. The topological polar surface area (TPSA) is 43.7 Å². The van der Waals surface area contributed by atoms with E-state index >= 15 is 0 Å². The molecular formula is C15H23NO2. The molecule has 0 bridgehead atoms. The van der Waals surface area contributed by atoms with Gasteiger partial charge in [-0.1, -0.05) is 19.1 Å². The third-order valence-corrected chi connectivity index (χ3v) is 3.75. The van der Waals surface area contributed by atoms with Crippen molar-refractivity contribution in [2.75, 3.05) is 19.6 Å². The molecule has 1 saturated heterocycles. The van der Waals surface area contributed by atoms with Crippen LogP contribution in [0.5, 0.6) is 5.75 Å². The van der Waals surface area contributed by atoms with E-state index in [4.69, 9.17) is 0 Å². The smallest absolute Gasteiger partial charge is 0.115 e. The van der Waals surface area contributed by atoms with Gasteiger partial charge in [-0.15, -0.1) is 0 Å². The molecule has 1 aliphatic rings. The van der Waals surface area contributed by atoms with Crippen molar-refractivity contribution in [2.24, 2.45) is 5.92 Å². The van der Waals surface area contributed by atoms with Crippen molar-refractivity contribution < 1.29 is 10.2 Å². The first-order valence-electron chi connectivity index (χ1n) is 6.87. The van der Waals surface area contributed by atoms with Crippen LogP contribution in [-0.2, 0) is 6.42 Å². The molecule has 0 aliphatic carbocycles. The molecule has 0 radical (unpaired) electrons. The maximum Gasteiger partial charge on any atom is 0.115 e. The molecule has 2 atom stereocenters. The molecule has 0 aromatic heterocycles. The van der Waals surface area contributed by atoms with Crippen LogP contribution < -0.4 is 0 Å². The van der Waals surface area contributed by atoms with E-state index in [1.54, 1.807) is 12.1 Å². The summed E-state index contributed by atoms with van der Waals surface area (Å²) in [5, 5.41) is 19.4. The number of nitrogens with zero attached hydrogens (tertiary/aromatic N) is 1. The Morgan fingerprint density at radius 3 is 2.67 bits per heavy atom. The molecule has 0 amide bonds. The zero-order valence-electron chi connectivity index (χ0n) is 11.0. The van der Waals surface area contributed by atoms with Gasteiger partial charge in [-0.3, -0.25) is 0 Å². The van der Waals surface area contributed by atoms with Gasteiger partial charge in [0.2, 0.25) is 0 Å². The molecule has 0 spiro atoms. The van der Waals surface area contributed by atoms with Crippen molar-refractivity contribution in [3.63, 3.8) is 0 Å². The fourth-order valence-electron chi connectivity index (χ4n) is 2.75. The molecule has 3 heteroatoms. The fraction of sp³-hybridized carbons (Fsp3) is 0.600. The Bertz CT molecular complexity index is 363. The first-order chi connectivity index (χ1) is 8.69. The van der Waals surface area contributed by atoms with Crippen LogP contribution in [0.4, 0.5) is 0 Å². The number of hydrogen-bond donors (Lipinski definition) is 2. The highest BCUT2D eigenvalue weighted by molar-refractivity contribution is 5.26. The number of piperidine rings is 1. The summed E-state index contributed by atoms with van der Waals surface area (Å²) >= 11 is 0. The summed E-state index contributed by atoms with van der Waals surface area (Å²) in [6.07, 6.45) is 2.75. The van der Waals surface area contributed by atoms with Gasteiger partial charge in [0, 0.05) is 19.0 Å². The van der Waals surface area contributed by atoms with Crippen molar-refractivity contribution in [2.45, 2.75) is 32.3 Å². The van der Waals surface area contributed by atoms with E-state index in [0.717, 1.165) is 32.5 Å². The zero-order valence-corrected chi connectivity index (χ0v) is 11.0. The van der Waals surface area contributed by atoms with Gasteiger partial charge in [-0.25, -0.2) is 0 Å². The third kappa shape index (κ3) is 3.47. The predicted octanol–water partition coefficient (Wildman–Crippen LogP) is 2.03. The number of benzene rings is 1. The van der Waals surface area contributed by atoms with E-state index in [0.29, 0.717) is 11.7 Å². The Morgan fingerprint density at radius 2 is 2.00 bits per heavy atom. The number of rotatable bonds is 4.